The monoisotopic (exact) mass is 2130 g/mol. The fraction of sp³-hybridized carbons (Fsp3) is 0.900. The van der Waals surface area contributed by atoms with Gasteiger partial charge in [0, 0.05) is 6.92 Å². The number of amides is 1. The third-order valence-electron chi connectivity index (χ3n) is 19.1. The fourth-order valence-electron chi connectivity index (χ4n) is 13.7. The standard InChI is InChI=1S/C50H80N4O69S9/c1-6(55)51-11-16(57)15(56)7(2-103-127(85,86)87)107-44(11)115-30-21(62)23(64)48(119-36(30)40(69)70)112-26-8(3-104-128(88,89)90)108-46(12(17(26)58)52-124(76,77)78)117-31-24(65)33(122-131(97,98)99)50(120-37(31)41(71)72)114-28-10(5-106-130(94,95)96)110-47(14(19(28)60)54-126(82,83)84)118-32-25(66)34(123-132(100,101)102)49(121-38(32)42(73)74)113-27-9(4-105-129(91,92)93)109-45(13(18(27)59)53-125(79,80)81)116-29-20(61)22(63)43(75)111-35(29)39(67)68/h7-38,43-50,52-54,56-66,75H,2-5H2,1H3,(H,51,55)(H,67,68)(H,69,70)(H,71,72)(H,73,74)(H,76,77,78)(H,79,80,81)(H,82,83,84)(H,85,86,87)(H,88,89,90)(H,91,92,93)(H,94,95,96)(H,97,98,99)(H,100,101,102)/t7-,8-,9-,10-,11-,12-,13-,14-,15-,16-,17-,18-,19-,20-,21-,22-,23-,24+,25+,26-,27-,28-,29+,30+,31+,32+,33-,34-,35+,36+,37-,38-,43-,44-,45-,46-,47-,48-,49-,50-/m1/s1. The summed E-state index contributed by atoms with van der Waals surface area (Å²) in [6, 6.07) is -11.4. The Balaban J connectivity index is 1.12. The van der Waals surface area contributed by atoms with Crippen molar-refractivity contribution in [3.05, 3.63) is 0 Å². The van der Waals surface area contributed by atoms with Crippen LogP contribution in [0.1, 0.15) is 6.92 Å². The minimum atomic E-state index is -6.44. The molecule has 8 saturated heterocycles. The van der Waals surface area contributed by atoms with Gasteiger partial charge in [0.25, 0.3) is 0 Å². The molecule has 0 radical (unpaired) electrons. The molecule has 8 aliphatic heterocycles. The summed E-state index contributed by atoms with van der Waals surface area (Å²) >= 11 is 0. The van der Waals surface area contributed by atoms with Crippen molar-refractivity contribution in [3.63, 3.8) is 0 Å². The van der Waals surface area contributed by atoms with Crippen LogP contribution in [0, 0.1) is 0 Å². The lowest BCUT2D eigenvalue weighted by Crippen LogP contribution is -2.71. The highest BCUT2D eigenvalue weighted by molar-refractivity contribution is 7.84. The van der Waals surface area contributed by atoms with Crippen LogP contribution in [0.3, 0.4) is 0 Å². The minimum absolute atomic E-state index is 0.775. The molecule has 0 saturated carbocycles. The average Bonchev–Trinajstić information content (AvgIpc) is 0.743. The first-order valence-electron chi connectivity index (χ1n) is 35.3. The molecule has 29 N–H and O–H groups in total. The van der Waals surface area contributed by atoms with Gasteiger partial charge in [-0.3, -0.25) is 45.8 Å². The lowest BCUT2D eigenvalue weighted by atomic mass is 9.94. The number of aliphatic hydroxyl groups is 12. The molecule has 0 aromatic carbocycles. The zero-order valence-electron chi connectivity index (χ0n) is 64.2. The first-order valence-corrected chi connectivity index (χ1v) is 47.8. The number of ether oxygens (including phenoxy) is 15. The summed E-state index contributed by atoms with van der Waals surface area (Å²) in [6.07, 6.45) is -108. The van der Waals surface area contributed by atoms with Crippen molar-refractivity contribution in [1.82, 2.24) is 19.5 Å². The number of carbonyl (C=O) groups excluding carboxylic acids is 1. The zero-order valence-corrected chi connectivity index (χ0v) is 71.6. The van der Waals surface area contributed by atoms with Crippen molar-refractivity contribution in [3.8, 4) is 0 Å². The molecule has 40 atom stereocenters. The number of carboxylic acids is 4. The predicted octanol–water partition coefficient (Wildman–Crippen LogP) is -20.8. The van der Waals surface area contributed by atoms with E-state index in [-0.39, 0.29) is 0 Å². The van der Waals surface area contributed by atoms with Crippen molar-refractivity contribution in [2.75, 3.05) is 26.4 Å². The fourth-order valence-corrected chi connectivity index (χ4v) is 17.7. The maximum atomic E-state index is 13.4. The highest BCUT2D eigenvalue weighted by Crippen LogP contribution is 2.42. The predicted molar refractivity (Wildman–Crippen MR) is 378 cm³/mol. The van der Waals surface area contributed by atoms with Crippen molar-refractivity contribution in [2.24, 2.45) is 0 Å². The first-order chi connectivity index (χ1) is 60.1. The van der Waals surface area contributed by atoms with E-state index in [4.69, 9.17) is 70.9 Å². The molecular formula is C50H80N4O69S9. The molecule has 0 aromatic rings. The van der Waals surface area contributed by atoms with E-state index < -0.39 is 395 Å². The molecule has 73 nitrogen and oxygen atoms in total. The largest absolute Gasteiger partial charge is 0.479 e. The Bertz CT molecular complexity index is 5140. The molecule has 0 unspecified atom stereocenters. The van der Waals surface area contributed by atoms with E-state index in [0.717, 1.165) is 11.6 Å². The van der Waals surface area contributed by atoms with E-state index in [2.05, 4.69) is 29.8 Å². The van der Waals surface area contributed by atoms with E-state index in [0.29, 0.717) is 0 Å². The van der Waals surface area contributed by atoms with Gasteiger partial charge in [0.2, 0.25) is 5.91 Å². The number of carbonyl (C=O) groups is 5. The Hall–Kier alpha value is -4.90. The Labute approximate surface area is 736 Å². The summed E-state index contributed by atoms with van der Waals surface area (Å²) in [5.41, 5.74) is 0. The molecule has 8 aliphatic rings. The van der Waals surface area contributed by atoms with E-state index >= 15 is 0 Å². The maximum absolute atomic E-state index is 13.4. The van der Waals surface area contributed by atoms with Crippen molar-refractivity contribution < 1.29 is 319 Å². The number of hydrogen-bond donors (Lipinski definition) is 29. The van der Waals surface area contributed by atoms with Crippen LogP contribution < -0.4 is 19.5 Å². The summed E-state index contributed by atoms with van der Waals surface area (Å²) in [5.74, 6) is -10.9. The molecule has 1 amide bonds. The maximum Gasteiger partial charge on any atom is 0.397 e. The Morgan fingerprint density at radius 2 is 0.508 bits per heavy atom. The number of aliphatic hydroxyl groups excluding tert-OH is 12. The van der Waals surface area contributed by atoms with Crippen LogP contribution in [-0.2, 0) is 213 Å². The second kappa shape index (κ2) is 43.5. The first kappa shape index (κ1) is 112. The molecule has 0 bridgehead atoms. The van der Waals surface area contributed by atoms with E-state index in [1.807, 2.05) is 5.32 Å². The Morgan fingerprint density at radius 3 is 0.788 bits per heavy atom. The van der Waals surface area contributed by atoms with Gasteiger partial charge in [0.05, 0.1) is 26.4 Å². The van der Waals surface area contributed by atoms with Crippen molar-refractivity contribution >= 4 is 123 Å². The van der Waals surface area contributed by atoms with Gasteiger partial charge in [-0.25, -0.2) is 44.3 Å². The van der Waals surface area contributed by atoms with E-state index in [9.17, 15) is 218 Å². The van der Waals surface area contributed by atoms with Gasteiger partial charge in [-0.05, 0) is 0 Å². The third kappa shape index (κ3) is 30.3. The van der Waals surface area contributed by atoms with Crippen LogP contribution in [-0.4, -0.2) is 500 Å². The van der Waals surface area contributed by atoms with Gasteiger partial charge >= 0.3 is 117 Å². The summed E-state index contributed by atoms with van der Waals surface area (Å²) < 4.78 is 420. The van der Waals surface area contributed by atoms with Crippen molar-refractivity contribution in [1.29, 1.82) is 0 Å². The van der Waals surface area contributed by atoms with Crippen LogP contribution in [0.2, 0.25) is 0 Å². The number of rotatable bonds is 41. The Kier molecular flexibility index (Phi) is 37.0. The van der Waals surface area contributed by atoms with Gasteiger partial charge < -0.3 is 158 Å². The quantitative estimate of drug-likeness (QED) is 0.0253. The normalized spacial score (nSPS) is 40.9. The molecule has 82 heteroatoms. The SMILES string of the molecule is CC(=O)N[C@H]1[C@@H](O[C@H]2[C@H](O)[C@@H](O)[C@H](O[C@H]3[C@H](O)[C@@H](NS(=O)(=O)O)[C@@H](O[C@H]4[C@H](O)[C@@H](OS(=O)(=O)O)[C@H](O[C@H]5[C@H](O)[C@@H](NS(=O)(=O)O)[C@@H](O[C@H]6[C@H](O)[C@@H](OS(=O)(=O)O)[C@H](O[C@H]7[C@H](O)[C@@H](NS(=O)(=O)O)[C@@H](O[C@H]8[C@H](O)[C@@H](O)[C@H](O)O[C@@H]8C(=O)O)O[C@@H]7COS(=O)(=O)O)O[C@H]6C(=O)O)O[C@@H]5COS(=O)(=O)O)O[C@H]4C(=O)O)O[C@@H]3COS(=O)(=O)O)O[C@@H]2C(=O)O)O[C@H](COS(=O)(=O)O)[C@@H](O)[C@@H]1O. The minimum Gasteiger partial charge on any atom is -0.479 e. The van der Waals surface area contributed by atoms with Gasteiger partial charge in [-0.1, -0.05) is 0 Å². The highest BCUT2D eigenvalue weighted by Gasteiger charge is 2.64. The molecule has 768 valence electrons. The molecular weight excluding hydrogens is 2050 g/mol. The Morgan fingerprint density at radius 1 is 0.258 bits per heavy atom. The number of nitrogens with one attached hydrogen (secondary N) is 4. The van der Waals surface area contributed by atoms with Crippen molar-refractivity contribution in [2.45, 2.75) is 252 Å². The number of aliphatic carboxylic acids is 4. The van der Waals surface area contributed by atoms with Gasteiger partial charge in [-0.2, -0.15) is 89.9 Å². The molecule has 8 heterocycles. The van der Waals surface area contributed by atoms with Crippen LogP contribution in [0.15, 0.2) is 0 Å². The van der Waals surface area contributed by atoms with Crippen LogP contribution in [0.25, 0.3) is 0 Å². The van der Waals surface area contributed by atoms with Crippen LogP contribution in [0.5, 0.6) is 0 Å². The summed E-state index contributed by atoms with van der Waals surface area (Å²) in [4.78, 5) is 64.0. The summed E-state index contributed by atoms with van der Waals surface area (Å²) in [7, 11) is -54.2. The lowest BCUT2D eigenvalue weighted by Gasteiger charge is -2.50. The van der Waals surface area contributed by atoms with Gasteiger partial charge in [-0.15, -0.1) is 0 Å². The molecule has 0 aromatic heterocycles. The summed E-state index contributed by atoms with van der Waals surface area (Å²) in [6.45, 7) is -6.56. The second-order valence-corrected chi connectivity index (χ2v) is 38.3. The van der Waals surface area contributed by atoms with Crippen LogP contribution in [0.4, 0.5) is 0 Å². The average molecular weight is 2130 g/mol. The number of carboxylic acid groups (broad SMARTS) is 4. The third-order valence-corrected chi connectivity index (χ3v) is 23.5. The van der Waals surface area contributed by atoms with Crippen LogP contribution >= 0.6 is 0 Å². The molecule has 8 fully saturated rings. The zero-order chi connectivity index (χ0) is 100.0. The van der Waals surface area contributed by atoms with E-state index in [1.165, 1.54) is 9.44 Å². The lowest BCUT2D eigenvalue weighted by molar-refractivity contribution is -0.379. The number of hydrogen-bond acceptors (Lipinski definition) is 56. The van der Waals surface area contributed by atoms with E-state index in [1.54, 1.807) is 0 Å². The molecule has 132 heavy (non-hydrogen) atoms. The summed E-state index contributed by atoms with van der Waals surface area (Å²) in [5, 5.41) is 179. The van der Waals surface area contributed by atoms with Gasteiger partial charge in [0.1, 0.15) is 158 Å². The molecule has 0 spiro atoms. The molecule has 0 aliphatic carbocycles. The second-order valence-electron chi connectivity index (χ2n) is 28.3. The van der Waals surface area contributed by atoms with Gasteiger partial charge in [0.15, 0.2) is 86.9 Å². The smallest absolute Gasteiger partial charge is 0.397 e. The molecule has 8 rings (SSSR count). The topological polar surface area (TPSA) is 1140 Å². The highest BCUT2D eigenvalue weighted by atomic mass is 32.3.